The Morgan fingerprint density at radius 3 is 2.50 bits per heavy atom. The molecule has 1 aliphatic heterocycles. The molecule has 2 heterocycles. The van der Waals surface area contributed by atoms with Crippen molar-refractivity contribution < 1.29 is 9.59 Å². The molecule has 0 spiro atoms. The molecule has 1 fully saturated rings. The Balaban J connectivity index is 2.19. The first-order chi connectivity index (χ1) is 8.52. The maximum atomic E-state index is 12.4. The van der Waals surface area contributed by atoms with Crippen molar-refractivity contribution in [3.63, 3.8) is 0 Å². The van der Waals surface area contributed by atoms with Crippen LogP contribution in [0.1, 0.15) is 38.0 Å². The molecule has 1 aliphatic rings. The molecule has 0 saturated carbocycles. The van der Waals surface area contributed by atoms with Crippen LogP contribution < -0.4 is 0 Å². The first kappa shape index (κ1) is 13.7. The van der Waals surface area contributed by atoms with Gasteiger partial charge in [-0.05, 0) is 34.8 Å². The number of rotatable bonds is 4. The standard InChI is InChI=1S/C13H16BrNO2S/c1-3-13(4-2)6-11(16)15(12(13)17)7-10-5-9(14)8-18-10/h5,8H,3-4,6-7H2,1-2H3. The van der Waals surface area contributed by atoms with Crippen molar-refractivity contribution in [2.45, 2.75) is 39.7 Å². The van der Waals surface area contributed by atoms with Gasteiger partial charge in [0.2, 0.25) is 11.8 Å². The highest BCUT2D eigenvalue weighted by Gasteiger charge is 2.48. The zero-order valence-corrected chi connectivity index (χ0v) is 12.9. The van der Waals surface area contributed by atoms with Crippen LogP contribution in [-0.4, -0.2) is 16.7 Å². The summed E-state index contributed by atoms with van der Waals surface area (Å²) in [6, 6.07) is 1.96. The third-order valence-corrected chi connectivity index (χ3v) is 5.46. The molecule has 0 aromatic carbocycles. The molecule has 18 heavy (non-hydrogen) atoms. The lowest BCUT2D eigenvalue weighted by Gasteiger charge is -2.23. The summed E-state index contributed by atoms with van der Waals surface area (Å²) in [6.45, 7) is 4.38. The second kappa shape index (κ2) is 5.13. The van der Waals surface area contributed by atoms with Gasteiger partial charge in [-0.1, -0.05) is 13.8 Å². The van der Waals surface area contributed by atoms with Crippen LogP contribution in [0.2, 0.25) is 0 Å². The molecule has 0 atom stereocenters. The number of halogens is 1. The largest absolute Gasteiger partial charge is 0.277 e. The summed E-state index contributed by atoms with van der Waals surface area (Å²) in [7, 11) is 0. The number of likely N-dealkylation sites (tertiary alicyclic amines) is 1. The monoisotopic (exact) mass is 329 g/mol. The van der Waals surface area contributed by atoms with E-state index in [0.717, 1.165) is 22.2 Å². The molecule has 1 aromatic rings. The summed E-state index contributed by atoms with van der Waals surface area (Å²) >= 11 is 4.95. The summed E-state index contributed by atoms with van der Waals surface area (Å²) in [5.41, 5.74) is -0.453. The van der Waals surface area contributed by atoms with Crippen molar-refractivity contribution in [1.29, 1.82) is 0 Å². The number of carbonyl (C=O) groups excluding carboxylic acids is 2. The topological polar surface area (TPSA) is 37.4 Å². The zero-order chi connectivity index (χ0) is 13.3. The van der Waals surface area contributed by atoms with Crippen LogP contribution in [0, 0.1) is 5.41 Å². The molecule has 98 valence electrons. The van der Waals surface area contributed by atoms with E-state index in [4.69, 9.17) is 0 Å². The highest BCUT2D eigenvalue weighted by atomic mass is 79.9. The molecular formula is C13H16BrNO2S. The van der Waals surface area contributed by atoms with Crippen LogP contribution in [0.5, 0.6) is 0 Å². The van der Waals surface area contributed by atoms with Crippen LogP contribution in [0.3, 0.4) is 0 Å². The number of amides is 2. The minimum Gasteiger partial charge on any atom is -0.277 e. The van der Waals surface area contributed by atoms with Gasteiger partial charge in [0, 0.05) is 21.2 Å². The number of imide groups is 1. The molecule has 0 N–H and O–H groups in total. The van der Waals surface area contributed by atoms with E-state index in [-0.39, 0.29) is 11.8 Å². The van der Waals surface area contributed by atoms with Crippen LogP contribution >= 0.6 is 27.3 Å². The molecule has 2 rings (SSSR count). The molecule has 0 radical (unpaired) electrons. The minimum absolute atomic E-state index is 0.00187. The molecule has 0 aliphatic carbocycles. The van der Waals surface area contributed by atoms with E-state index in [1.165, 1.54) is 4.90 Å². The third-order valence-electron chi connectivity index (χ3n) is 3.78. The van der Waals surface area contributed by atoms with Crippen molar-refractivity contribution in [2.75, 3.05) is 0 Å². The highest BCUT2D eigenvalue weighted by molar-refractivity contribution is 9.10. The molecule has 2 amide bonds. The molecule has 0 bridgehead atoms. The van der Waals surface area contributed by atoms with Crippen LogP contribution in [-0.2, 0) is 16.1 Å². The van der Waals surface area contributed by atoms with E-state index in [1.807, 2.05) is 25.3 Å². The Hall–Kier alpha value is -0.680. The first-order valence-electron chi connectivity index (χ1n) is 6.10. The van der Waals surface area contributed by atoms with Gasteiger partial charge in [0.25, 0.3) is 0 Å². The van der Waals surface area contributed by atoms with E-state index in [0.29, 0.717) is 13.0 Å². The van der Waals surface area contributed by atoms with Gasteiger partial charge < -0.3 is 0 Å². The lowest BCUT2D eigenvalue weighted by Crippen LogP contribution is -2.34. The van der Waals surface area contributed by atoms with Crippen LogP contribution in [0.25, 0.3) is 0 Å². The smallest absolute Gasteiger partial charge is 0.236 e. The van der Waals surface area contributed by atoms with Crippen LogP contribution in [0.4, 0.5) is 0 Å². The van der Waals surface area contributed by atoms with E-state index < -0.39 is 5.41 Å². The SMILES string of the molecule is CCC1(CC)CC(=O)N(Cc2cc(Br)cs2)C1=O. The van der Waals surface area contributed by atoms with Gasteiger partial charge in [0.1, 0.15) is 0 Å². The van der Waals surface area contributed by atoms with Gasteiger partial charge in [0.05, 0.1) is 12.0 Å². The predicted molar refractivity (Wildman–Crippen MR) is 75.2 cm³/mol. The Kier molecular flexibility index (Phi) is 3.92. The Morgan fingerprint density at radius 2 is 2.06 bits per heavy atom. The van der Waals surface area contributed by atoms with Crippen molar-refractivity contribution in [3.05, 3.63) is 20.8 Å². The lowest BCUT2D eigenvalue weighted by molar-refractivity contribution is -0.142. The average Bonchev–Trinajstić information content (AvgIpc) is 2.86. The van der Waals surface area contributed by atoms with Gasteiger partial charge in [-0.15, -0.1) is 11.3 Å². The summed E-state index contributed by atoms with van der Waals surface area (Å²) in [4.78, 5) is 26.9. The summed E-state index contributed by atoms with van der Waals surface area (Å²) in [5.74, 6) is -0.0322. The van der Waals surface area contributed by atoms with E-state index in [9.17, 15) is 9.59 Å². The van der Waals surface area contributed by atoms with Crippen molar-refractivity contribution in [2.24, 2.45) is 5.41 Å². The lowest BCUT2D eigenvalue weighted by atomic mass is 9.81. The third kappa shape index (κ3) is 2.26. The second-order valence-corrected chi connectivity index (χ2v) is 6.59. The zero-order valence-electron chi connectivity index (χ0n) is 10.5. The Bertz CT molecular complexity index is 479. The quantitative estimate of drug-likeness (QED) is 0.792. The number of nitrogens with zero attached hydrogens (tertiary/aromatic N) is 1. The number of carbonyl (C=O) groups is 2. The van der Waals surface area contributed by atoms with Gasteiger partial charge in [0.15, 0.2) is 0 Å². The number of hydrogen-bond donors (Lipinski definition) is 0. The van der Waals surface area contributed by atoms with Crippen LogP contribution in [0.15, 0.2) is 15.9 Å². The second-order valence-electron chi connectivity index (χ2n) is 4.68. The summed E-state index contributed by atoms with van der Waals surface area (Å²) in [5, 5.41) is 1.97. The molecule has 0 unspecified atom stereocenters. The molecule has 1 aromatic heterocycles. The predicted octanol–water partition coefficient (Wildman–Crippen LogP) is 3.58. The minimum atomic E-state index is -0.453. The highest BCUT2D eigenvalue weighted by Crippen LogP contribution is 2.40. The van der Waals surface area contributed by atoms with Gasteiger partial charge in [-0.2, -0.15) is 0 Å². The average molecular weight is 330 g/mol. The maximum absolute atomic E-state index is 12.4. The fourth-order valence-corrected chi connectivity index (χ4v) is 3.85. The van der Waals surface area contributed by atoms with Gasteiger partial charge in [-0.3, -0.25) is 14.5 Å². The molecule has 5 heteroatoms. The number of thiophene rings is 1. The number of hydrogen-bond acceptors (Lipinski definition) is 3. The van der Waals surface area contributed by atoms with Crippen molar-refractivity contribution in [1.82, 2.24) is 4.90 Å². The van der Waals surface area contributed by atoms with E-state index >= 15 is 0 Å². The van der Waals surface area contributed by atoms with Gasteiger partial charge in [-0.25, -0.2) is 0 Å². The fourth-order valence-electron chi connectivity index (χ4n) is 2.42. The molecular weight excluding hydrogens is 314 g/mol. The summed E-state index contributed by atoms with van der Waals surface area (Å²) in [6.07, 6.45) is 1.84. The van der Waals surface area contributed by atoms with Crippen molar-refractivity contribution in [3.8, 4) is 0 Å². The first-order valence-corrected chi connectivity index (χ1v) is 7.77. The fraction of sp³-hybridized carbons (Fsp3) is 0.538. The normalized spacial score (nSPS) is 18.7. The summed E-state index contributed by atoms with van der Waals surface area (Å²) < 4.78 is 0.999. The Labute approximate surface area is 119 Å². The molecule has 3 nitrogen and oxygen atoms in total. The van der Waals surface area contributed by atoms with Crippen molar-refractivity contribution >= 4 is 39.1 Å². The van der Waals surface area contributed by atoms with E-state index in [2.05, 4.69) is 15.9 Å². The van der Waals surface area contributed by atoms with Gasteiger partial charge >= 0.3 is 0 Å². The maximum Gasteiger partial charge on any atom is 0.236 e. The Morgan fingerprint density at radius 1 is 1.39 bits per heavy atom. The molecule has 1 saturated heterocycles. The van der Waals surface area contributed by atoms with E-state index in [1.54, 1.807) is 11.3 Å².